The lowest BCUT2D eigenvalue weighted by atomic mass is 10.1. The fourth-order valence-corrected chi connectivity index (χ4v) is 2.15. The average Bonchev–Trinajstić information content (AvgIpc) is 2.97. The summed E-state index contributed by atoms with van der Waals surface area (Å²) in [4.78, 5) is 19.1. The van der Waals surface area contributed by atoms with Crippen molar-refractivity contribution in [2.45, 2.75) is 0 Å². The number of hydrogen-bond donors (Lipinski definition) is 2. The molecule has 22 heavy (non-hydrogen) atoms. The Labute approximate surface area is 127 Å². The molecule has 0 aliphatic heterocycles. The molecule has 0 fully saturated rings. The smallest absolute Gasteiger partial charge is 0.411 e. The summed E-state index contributed by atoms with van der Waals surface area (Å²) in [7, 11) is 0. The van der Waals surface area contributed by atoms with Gasteiger partial charge < -0.3 is 9.72 Å². The summed E-state index contributed by atoms with van der Waals surface area (Å²) < 4.78 is 4.88. The minimum Gasteiger partial charge on any atom is -0.445 e. The number of aromatic amines is 1. The van der Waals surface area contributed by atoms with E-state index in [9.17, 15) is 4.79 Å². The van der Waals surface area contributed by atoms with E-state index >= 15 is 0 Å². The topological polar surface area (TPSA) is 67.0 Å². The number of H-pyrrole nitrogens is 1. The highest BCUT2D eigenvalue weighted by Gasteiger charge is 2.07. The van der Waals surface area contributed by atoms with E-state index < -0.39 is 6.09 Å². The third-order valence-electron chi connectivity index (χ3n) is 3.13. The molecule has 0 saturated carbocycles. The molecule has 0 atom stereocenters. The van der Waals surface area contributed by atoms with Gasteiger partial charge in [0, 0.05) is 11.1 Å². The number of amides is 1. The monoisotopic (exact) mass is 293 g/mol. The second-order valence-electron chi connectivity index (χ2n) is 4.72. The van der Waals surface area contributed by atoms with E-state index in [1.54, 1.807) is 6.20 Å². The van der Waals surface area contributed by atoms with Gasteiger partial charge in [0.25, 0.3) is 0 Å². The first-order valence-electron chi connectivity index (χ1n) is 6.85. The van der Waals surface area contributed by atoms with Crippen LogP contribution in [0.3, 0.4) is 0 Å². The maximum Gasteiger partial charge on any atom is 0.411 e. The number of nitrogens with one attached hydrogen (secondary N) is 2. The van der Waals surface area contributed by atoms with Crippen LogP contribution in [0.1, 0.15) is 0 Å². The maximum absolute atomic E-state index is 11.5. The van der Waals surface area contributed by atoms with E-state index in [0.29, 0.717) is 5.69 Å². The van der Waals surface area contributed by atoms with Crippen molar-refractivity contribution in [2.24, 2.45) is 0 Å². The number of pyridine rings is 1. The molecular weight excluding hydrogens is 278 g/mol. The Morgan fingerprint density at radius 2 is 2.14 bits per heavy atom. The van der Waals surface area contributed by atoms with Crippen LogP contribution < -0.4 is 5.32 Å². The minimum absolute atomic E-state index is 0.170. The van der Waals surface area contributed by atoms with Gasteiger partial charge in [-0.2, -0.15) is 0 Å². The van der Waals surface area contributed by atoms with E-state index in [2.05, 4.69) is 21.9 Å². The van der Waals surface area contributed by atoms with Gasteiger partial charge in [-0.15, -0.1) is 0 Å². The predicted molar refractivity (Wildman–Crippen MR) is 86.7 cm³/mol. The lowest BCUT2D eigenvalue weighted by Gasteiger charge is -2.04. The van der Waals surface area contributed by atoms with Crippen molar-refractivity contribution in [3.8, 4) is 11.3 Å². The normalized spacial score (nSPS) is 10.4. The van der Waals surface area contributed by atoms with Crippen molar-refractivity contribution < 1.29 is 9.53 Å². The van der Waals surface area contributed by atoms with Gasteiger partial charge in [0.05, 0.1) is 11.9 Å². The molecule has 0 spiro atoms. The standard InChI is InChI=1S/C17H15N3O2/c1-2-8-22-17(21)19-14-9-13-10-15(20-16(13)18-11-14)12-6-4-3-5-7-12/h2-7,9-11H,1,8H2,(H,18,20)(H,19,21). The second kappa shape index (κ2) is 6.13. The van der Waals surface area contributed by atoms with E-state index in [1.165, 1.54) is 6.08 Å². The first kappa shape index (κ1) is 13.9. The van der Waals surface area contributed by atoms with Gasteiger partial charge in [0.2, 0.25) is 0 Å². The molecule has 5 heteroatoms. The van der Waals surface area contributed by atoms with E-state index in [0.717, 1.165) is 22.3 Å². The molecule has 3 aromatic rings. The number of benzene rings is 1. The zero-order valence-electron chi connectivity index (χ0n) is 11.9. The SMILES string of the molecule is C=CCOC(=O)Nc1cnc2[nH]c(-c3ccccc3)cc2c1. The summed E-state index contributed by atoms with van der Waals surface area (Å²) in [6.45, 7) is 3.66. The molecule has 0 bridgehead atoms. The van der Waals surface area contributed by atoms with Gasteiger partial charge in [0.1, 0.15) is 12.3 Å². The maximum atomic E-state index is 11.5. The number of rotatable bonds is 4. The number of hydrogen-bond acceptors (Lipinski definition) is 3. The van der Waals surface area contributed by atoms with Crippen LogP contribution >= 0.6 is 0 Å². The summed E-state index contributed by atoms with van der Waals surface area (Å²) >= 11 is 0. The fraction of sp³-hybridized carbons (Fsp3) is 0.0588. The number of carbonyl (C=O) groups excluding carboxylic acids is 1. The Kier molecular flexibility index (Phi) is 3.87. The third-order valence-corrected chi connectivity index (χ3v) is 3.13. The highest BCUT2D eigenvalue weighted by atomic mass is 16.5. The lowest BCUT2D eigenvalue weighted by molar-refractivity contribution is 0.174. The van der Waals surface area contributed by atoms with Crippen molar-refractivity contribution in [1.29, 1.82) is 0 Å². The number of ether oxygens (including phenoxy) is 1. The summed E-state index contributed by atoms with van der Waals surface area (Å²) in [5.74, 6) is 0. The average molecular weight is 293 g/mol. The first-order chi connectivity index (χ1) is 10.8. The van der Waals surface area contributed by atoms with Crippen LogP contribution in [0.4, 0.5) is 10.5 Å². The first-order valence-corrected chi connectivity index (χ1v) is 6.85. The van der Waals surface area contributed by atoms with Crippen molar-refractivity contribution in [1.82, 2.24) is 9.97 Å². The number of anilines is 1. The van der Waals surface area contributed by atoms with Crippen molar-refractivity contribution in [2.75, 3.05) is 11.9 Å². The third kappa shape index (κ3) is 2.98. The van der Waals surface area contributed by atoms with Crippen LogP contribution in [-0.2, 0) is 4.74 Å². The lowest BCUT2D eigenvalue weighted by Crippen LogP contribution is -2.13. The Hall–Kier alpha value is -3.08. The fourth-order valence-electron chi connectivity index (χ4n) is 2.15. The Morgan fingerprint density at radius 3 is 2.91 bits per heavy atom. The van der Waals surface area contributed by atoms with Crippen molar-refractivity contribution >= 4 is 22.8 Å². The quantitative estimate of drug-likeness (QED) is 0.715. The summed E-state index contributed by atoms with van der Waals surface area (Å²) in [5.41, 5.74) is 3.42. The summed E-state index contributed by atoms with van der Waals surface area (Å²) in [6.07, 6.45) is 2.57. The molecule has 0 saturated heterocycles. The second-order valence-corrected chi connectivity index (χ2v) is 4.72. The molecule has 3 rings (SSSR count). The number of fused-ring (bicyclic) bond motifs is 1. The Balaban J connectivity index is 1.84. The van der Waals surface area contributed by atoms with Crippen molar-refractivity contribution in [3.63, 3.8) is 0 Å². The number of aromatic nitrogens is 2. The van der Waals surface area contributed by atoms with Crippen LogP contribution in [0.25, 0.3) is 22.3 Å². The number of nitrogens with zero attached hydrogens (tertiary/aromatic N) is 1. The predicted octanol–water partition coefficient (Wildman–Crippen LogP) is 3.96. The van der Waals surface area contributed by atoms with Crippen molar-refractivity contribution in [3.05, 3.63) is 61.3 Å². The van der Waals surface area contributed by atoms with Crippen LogP contribution in [-0.4, -0.2) is 22.7 Å². The highest BCUT2D eigenvalue weighted by Crippen LogP contribution is 2.24. The Bertz CT molecular complexity index is 809. The molecule has 2 aromatic heterocycles. The van der Waals surface area contributed by atoms with Gasteiger partial charge in [0.15, 0.2) is 0 Å². The zero-order valence-corrected chi connectivity index (χ0v) is 11.9. The molecule has 110 valence electrons. The van der Waals surface area contributed by atoms with E-state index in [-0.39, 0.29) is 6.61 Å². The van der Waals surface area contributed by atoms with Gasteiger partial charge in [-0.25, -0.2) is 9.78 Å². The summed E-state index contributed by atoms with van der Waals surface area (Å²) in [6, 6.07) is 13.8. The van der Waals surface area contributed by atoms with Crippen LogP contribution in [0.2, 0.25) is 0 Å². The molecule has 1 aromatic carbocycles. The highest BCUT2D eigenvalue weighted by molar-refractivity contribution is 5.90. The van der Waals surface area contributed by atoms with E-state index in [1.807, 2.05) is 42.5 Å². The molecule has 0 unspecified atom stereocenters. The molecule has 0 aliphatic carbocycles. The largest absolute Gasteiger partial charge is 0.445 e. The van der Waals surface area contributed by atoms with Gasteiger partial charge in [-0.3, -0.25) is 5.32 Å². The molecular formula is C17H15N3O2. The number of carbonyl (C=O) groups is 1. The van der Waals surface area contributed by atoms with Crippen LogP contribution in [0.5, 0.6) is 0 Å². The molecule has 0 aliphatic rings. The molecule has 1 amide bonds. The van der Waals surface area contributed by atoms with Gasteiger partial charge >= 0.3 is 6.09 Å². The van der Waals surface area contributed by atoms with Gasteiger partial charge in [-0.05, 0) is 17.7 Å². The van der Waals surface area contributed by atoms with Gasteiger partial charge in [-0.1, -0.05) is 43.0 Å². The summed E-state index contributed by atoms with van der Waals surface area (Å²) in [5, 5.41) is 3.55. The van der Waals surface area contributed by atoms with Crippen LogP contribution in [0.15, 0.2) is 61.3 Å². The molecule has 2 heterocycles. The van der Waals surface area contributed by atoms with Crippen LogP contribution in [0, 0.1) is 0 Å². The Morgan fingerprint density at radius 1 is 1.32 bits per heavy atom. The molecule has 5 nitrogen and oxygen atoms in total. The zero-order chi connectivity index (χ0) is 15.4. The van der Waals surface area contributed by atoms with E-state index in [4.69, 9.17) is 4.74 Å². The molecule has 2 N–H and O–H groups in total. The minimum atomic E-state index is -0.528. The molecule has 0 radical (unpaired) electrons.